The number of nitrogens with two attached hydrogens (primary N) is 1. The van der Waals surface area contributed by atoms with Crippen LogP contribution in [0.1, 0.15) is 0 Å². The molecule has 0 fully saturated rings. The topological polar surface area (TPSA) is 43.8 Å². The molecule has 2 heterocycles. The van der Waals surface area contributed by atoms with Crippen molar-refractivity contribution in [3.05, 3.63) is 42.7 Å². The number of rotatable bonds is 2. The first-order valence-corrected chi connectivity index (χ1v) is 5.43. The lowest BCUT2D eigenvalue weighted by Gasteiger charge is -2.03. The Morgan fingerprint density at radius 3 is 3.00 bits per heavy atom. The fraction of sp³-hybridized carbons (Fsp3) is 0.154. The van der Waals surface area contributed by atoms with Crippen molar-refractivity contribution in [2.45, 2.75) is 6.54 Å². The van der Waals surface area contributed by atoms with Crippen molar-refractivity contribution < 1.29 is 0 Å². The number of nitrogens with zero attached hydrogens (tertiary/aromatic N) is 2. The van der Waals surface area contributed by atoms with Gasteiger partial charge in [0, 0.05) is 36.3 Å². The molecule has 2 aromatic heterocycles. The molecule has 3 rings (SSSR count). The van der Waals surface area contributed by atoms with E-state index in [0.29, 0.717) is 6.54 Å². The molecule has 0 aliphatic rings. The highest BCUT2D eigenvalue weighted by Gasteiger charge is 2.04. The van der Waals surface area contributed by atoms with E-state index in [2.05, 4.69) is 40.0 Å². The standard InChI is InChI=1S/C13H13N3/c14-6-9-16-8-5-11-12(16)4-3-10-2-1-7-15-13(10)11/h1-5,7-8H,6,9,14H2. The Morgan fingerprint density at radius 1 is 1.19 bits per heavy atom. The Morgan fingerprint density at radius 2 is 2.12 bits per heavy atom. The molecule has 0 spiro atoms. The van der Waals surface area contributed by atoms with Crippen LogP contribution in [0.2, 0.25) is 0 Å². The van der Waals surface area contributed by atoms with Gasteiger partial charge in [-0.15, -0.1) is 0 Å². The second-order valence-corrected chi connectivity index (χ2v) is 3.87. The Balaban J connectivity index is 2.36. The van der Waals surface area contributed by atoms with Gasteiger partial charge in [0.05, 0.1) is 11.0 Å². The predicted molar refractivity (Wildman–Crippen MR) is 66.3 cm³/mol. The summed E-state index contributed by atoms with van der Waals surface area (Å²) < 4.78 is 2.17. The number of benzene rings is 1. The maximum Gasteiger partial charge on any atom is 0.0795 e. The van der Waals surface area contributed by atoms with E-state index < -0.39 is 0 Å². The number of hydrogen-bond acceptors (Lipinski definition) is 2. The van der Waals surface area contributed by atoms with E-state index in [0.717, 1.165) is 12.1 Å². The van der Waals surface area contributed by atoms with Gasteiger partial charge in [0.1, 0.15) is 0 Å². The normalized spacial score (nSPS) is 11.3. The first-order valence-electron chi connectivity index (χ1n) is 5.43. The molecule has 80 valence electrons. The third kappa shape index (κ3) is 1.29. The maximum atomic E-state index is 5.59. The lowest BCUT2D eigenvalue weighted by Crippen LogP contribution is -2.08. The Bertz CT molecular complexity index is 640. The van der Waals surface area contributed by atoms with E-state index in [-0.39, 0.29) is 0 Å². The van der Waals surface area contributed by atoms with Crippen molar-refractivity contribution in [3.63, 3.8) is 0 Å². The largest absolute Gasteiger partial charge is 0.346 e. The van der Waals surface area contributed by atoms with Crippen LogP contribution in [0.3, 0.4) is 0 Å². The summed E-state index contributed by atoms with van der Waals surface area (Å²) in [4.78, 5) is 4.44. The van der Waals surface area contributed by atoms with Crippen molar-refractivity contribution >= 4 is 21.8 Å². The molecule has 0 radical (unpaired) electrons. The van der Waals surface area contributed by atoms with Crippen LogP contribution < -0.4 is 5.73 Å². The minimum atomic E-state index is 0.657. The van der Waals surface area contributed by atoms with E-state index in [4.69, 9.17) is 5.73 Å². The molecule has 0 amide bonds. The first-order chi connectivity index (χ1) is 7.90. The molecule has 0 atom stereocenters. The third-order valence-corrected chi connectivity index (χ3v) is 2.89. The van der Waals surface area contributed by atoms with Gasteiger partial charge in [-0.1, -0.05) is 12.1 Å². The van der Waals surface area contributed by atoms with Crippen molar-refractivity contribution in [3.8, 4) is 0 Å². The van der Waals surface area contributed by atoms with E-state index in [9.17, 15) is 0 Å². The van der Waals surface area contributed by atoms with Gasteiger partial charge in [-0.3, -0.25) is 4.98 Å². The zero-order chi connectivity index (χ0) is 11.0. The van der Waals surface area contributed by atoms with Crippen LogP contribution in [0.25, 0.3) is 21.8 Å². The first kappa shape index (κ1) is 9.36. The second-order valence-electron chi connectivity index (χ2n) is 3.87. The van der Waals surface area contributed by atoms with Crippen molar-refractivity contribution in [2.75, 3.05) is 6.54 Å². The molecule has 16 heavy (non-hydrogen) atoms. The molecule has 3 heteroatoms. The van der Waals surface area contributed by atoms with E-state index in [1.165, 1.54) is 16.3 Å². The zero-order valence-electron chi connectivity index (χ0n) is 8.93. The lowest BCUT2D eigenvalue weighted by molar-refractivity contribution is 0.735. The third-order valence-electron chi connectivity index (χ3n) is 2.89. The molecule has 3 nitrogen and oxygen atoms in total. The quantitative estimate of drug-likeness (QED) is 0.705. The van der Waals surface area contributed by atoms with Gasteiger partial charge in [0.15, 0.2) is 0 Å². The highest BCUT2D eigenvalue weighted by molar-refractivity contribution is 6.04. The fourth-order valence-electron chi connectivity index (χ4n) is 2.15. The average Bonchev–Trinajstić information content (AvgIpc) is 2.73. The number of pyridine rings is 1. The van der Waals surface area contributed by atoms with Gasteiger partial charge < -0.3 is 10.3 Å². The Labute approximate surface area is 93.5 Å². The molecule has 0 unspecified atom stereocenters. The monoisotopic (exact) mass is 211 g/mol. The summed E-state index contributed by atoms with van der Waals surface area (Å²) >= 11 is 0. The summed E-state index contributed by atoms with van der Waals surface area (Å²) in [6.07, 6.45) is 3.91. The minimum absolute atomic E-state index is 0.657. The molecule has 0 saturated carbocycles. The van der Waals surface area contributed by atoms with Crippen LogP contribution >= 0.6 is 0 Å². The Hall–Kier alpha value is -1.87. The molecule has 0 aliphatic heterocycles. The lowest BCUT2D eigenvalue weighted by atomic mass is 10.1. The van der Waals surface area contributed by atoms with Crippen molar-refractivity contribution in [1.29, 1.82) is 0 Å². The average molecular weight is 211 g/mol. The van der Waals surface area contributed by atoms with Crippen molar-refractivity contribution in [1.82, 2.24) is 9.55 Å². The van der Waals surface area contributed by atoms with Crippen LogP contribution in [0.5, 0.6) is 0 Å². The Kier molecular flexibility index (Phi) is 2.11. The van der Waals surface area contributed by atoms with Gasteiger partial charge >= 0.3 is 0 Å². The molecule has 1 aromatic carbocycles. The fourth-order valence-corrected chi connectivity index (χ4v) is 2.15. The smallest absolute Gasteiger partial charge is 0.0795 e. The summed E-state index contributed by atoms with van der Waals surface area (Å²) in [5.74, 6) is 0. The minimum Gasteiger partial charge on any atom is -0.346 e. The van der Waals surface area contributed by atoms with E-state index in [1.54, 1.807) is 0 Å². The van der Waals surface area contributed by atoms with Gasteiger partial charge in [-0.2, -0.15) is 0 Å². The van der Waals surface area contributed by atoms with Crippen LogP contribution in [0, 0.1) is 0 Å². The van der Waals surface area contributed by atoms with Crippen molar-refractivity contribution in [2.24, 2.45) is 5.73 Å². The predicted octanol–water partition coefficient (Wildman–Crippen LogP) is 2.15. The summed E-state index contributed by atoms with van der Waals surface area (Å²) in [6.45, 7) is 1.51. The maximum absolute atomic E-state index is 5.59. The highest BCUT2D eigenvalue weighted by Crippen LogP contribution is 2.24. The summed E-state index contributed by atoms with van der Waals surface area (Å²) in [6, 6.07) is 10.4. The molecule has 3 aromatic rings. The summed E-state index contributed by atoms with van der Waals surface area (Å²) in [7, 11) is 0. The molecule has 2 N–H and O–H groups in total. The summed E-state index contributed by atoms with van der Waals surface area (Å²) in [5, 5.41) is 2.38. The molecule has 0 saturated heterocycles. The van der Waals surface area contributed by atoms with Crippen LogP contribution in [-0.4, -0.2) is 16.1 Å². The van der Waals surface area contributed by atoms with Crippen LogP contribution in [-0.2, 0) is 6.54 Å². The van der Waals surface area contributed by atoms with Crippen LogP contribution in [0.4, 0.5) is 0 Å². The second kappa shape index (κ2) is 3.61. The molecular weight excluding hydrogens is 198 g/mol. The van der Waals surface area contributed by atoms with Crippen LogP contribution in [0.15, 0.2) is 42.7 Å². The van der Waals surface area contributed by atoms with Gasteiger partial charge in [0.2, 0.25) is 0 Å². The van der Waals surface area contributed by atoms with Gasteiger partial charge in [0.25, 0.3) is 0 Å². The van der Waals surface area contributed by atoms with E-state index in [1.807, 2.05) is 12.3 Å². The number of aromatic nitrogens is 2. The number of hydrogen-bond donors (Lipinski definition) is 1. The number of fused-ring (bicyclic) bond motifs is 3. The van der Waals surface area contributed by atoms with Gasteiger partial charge in [-0.05, 0) is 18.2 Å². The van der Waals surface area contributed by atoms with E-state index >= 15 is 0 Å². The molecule has 0 bridgehead atoms. The van der Waals surface area contributed by atoms with Gasteiger partial charge in [-0.25, -0.2) is 0 Å². The zero-order valence-corrected chi connectivity index (χ0v) is 8.93. The summed E-state index contributed by atoms with van der Waals surface area (Å²) in [5.41, 5.74) is 7.86. The molecular formula is C13H13N3. The SMILES string of the molecule is NCCn1ccc2c3ncccc3ccc21. The highest BCUT2D eigenvalue weighted by atomic mass is 15.0. The molecule has 0 aliphatic carbocycles.